The van der Waals surface area contributed by atoms with Crippen LogP contribution in [0.1, 0.15) is 39.8 Å². The first kappa shape index (κ1) is 19.1. The largest absolute Gasteiger partial charge is 0.351 e. The Kier molecular flexibility index (Phi) is 4.90. The number of hydrogen-bond acceptors (Lipinski definition) is 3. The average molecular weight is 423 g/mol. The van der Waals surface area contributed by atoms with E-state index in [-0.39, 0.29) is 11.7 Å². The first-order valence-electron chi connectivity index (χ1n) is 10.2. The van der Waals surface area contributed by atoms with Crippen LogP contribution in [0.15, 0.2) is 54.9 Å². The third kappa shape index (κ3) is 3.54. The Bertz CT molecular complexity index is 1170. The van der Waals surface area contributed by atoms with Crippen LogP contribution < -0.4 is 0 Å². The molecule has 7 heteroatoms. The molecule has 30 heavy (non-hydrogen) atoms. The summed E-state index contributed by atoms with van der Waals surface area (Å²) in [7, 11) is 0. The van der Waals surface area contributed by atoms with E-state index in [1.807, 2.05) is 34.7 Å². The van der Waals surface area contributed by atoms with Gasteiger partial charge < -0.3 is 9.47 Å². The van der Waals surface area contributed by atoms with Crippen molar-refractivity contribution in [2.45, 2.75) is 32.4 Å². The predicted octanol–water partition coefficient (Wildman–Crippen LogP) is 4.87. The summed E-state index contributed by atoms with van der Waals surface area (Å²) in [6, 6.07) is 13.0. The highest BCUT2D eigenvalue weighted by molar-refractivity contribution is 7.20. The number of hydrogen-bond donors (Lipinski definition) is 0. The molecule has 1 aliphatic heterocycles. The molecule has 0 N–H and O–H groups in total. The number of thiophene rings is 1. The summed E-state index contributed by atoms with van der Waals surface area (Å²) in [5.41, 5.74) is 1.89. The number of aromatic nitrogens is 3. The SMILES string of the molecule is Cc1nn(Cc2ccc(F)cc2)c2sc(C(=O)N3CCC(n4cccc4)CC3)cc12. The number of nitrogens with zero attached hydrogens (tertiary/aromatic N) is 4. The van der Waals surface area contributed by atoms with Crippen LogP contribution in [0.3, 0.4) is 0 Å². The minimum Gasteiger partial charge on any atom is -0.351 e. The topological polar surface area (TPSA) is 43.1 Å². The minimum atomic E-state index is -0.245. The van der Waals surface area contributed by atoms with Crippen LogP contribution in [0.25, 0.3) is 10.2 Å². The van der Waals surface area contributed by atoms with Gasteiger partial charge in [0.05, 0.1) is 17.1 Å². The second kappa shape index (κ2) is 7.72. The zero-order valence-electron chi connectivity index (χ0n) is 16.8. The molecule has 3 aromatic heterocycles. The maximum atomic E-state index is 13.2. The molecule has 0 spiro atoms. The van der Waals surface area contributed by atoms with Crippen molar-refractivity contribution in [3.05, 3.63) is 76.8 Å². The number of likely N-dealkylation sites (tertiary alicyclic amines) is 1. The lowest BCUT2D eigenvalue weighted by Gasteiger charge is -2.32. The van der Waals surface area contributed by atoms with Crippen LogP contribution >= 0.6 is 11.3 Å². The molecule has 1 amide bonds. The number of piperidine rings is 1. The van der Waals surface area contributed by atoms with E-state index in [0.717, 1.165) is 52.3 Å². The highest BCUT2D eigenvalue weighted by atomic mass is 32.1. The van der Waals surface area contributed by atoms with Crippen LogP contribution in [-0.2, 0) is 6.54 Å². The average Bonchev–Trinajstić information content (AvgIpc) is 3.49. The number of carbonyl (C=O) groups excluding carboxylic acids is 1. The Morgan fingerprint density at radius 1 is 1.17 bits per heavy atom. The fourth-order valence-corrected chi connectivity index (χ4v) is 5.33. The summed E-state index contributed by atoms with van der Waals surface area (Å²) in [4.78, 5) is 16.9. The van der Waals surface area contributed by atoms with Crippen LogP contribution in [0, 0.1) is 12.7 Å². The van der Waals surface area contributed by atoms with E-state index in [1.54, 1.807) is 12.1 Å². The van der Waals surface area contributed by atoms with Crippen molar-refractivity contribution in [1.82, 2.24) is 19.2 Å². The van der Waals surface area contributed by atoms with Crippen molar-refractivity contribution in [3.63, 3.8) is 0 Å². The van der Waals surface area contributed by atoms with Gasteiger partial charge in [0.1, 0.15) is 10.6 Å². The third-order valence-corrected chi connectivity index (χ3v) is 7.00. The molecular formula is C23H23FN4OS. The minimum absolute atomic E-state index is 0.106. The number of aryl methyl sites for hydroxylation is 1. The number of fused-ring (bicyclic) bond motifs is 1. The van der Waals surface area contributed by atoms with E-state index in [4.69, 9.17) is 0 Å². The van der Waals surface area contributed by atoms with Crippen LogP contribution in [0.5, 0.6) is 0 Å². The summed E-state index contributed by atoms with van der Waals surface area (Å²) >= 11 is 1.50. The molecule has 1 aromatic carbocycles. The van der Waals surface area contributed by atoms with Crippen molar-refractivity contribution in [3.8, 4) is 0 Å². The molecular weight excluding hydrogens is 399 g/mol. The van der Waals surface area contributed by atoms with E-state index >= 15 is 0 Å². The molecule has 154 valence electrons. The van der Waals surface area contributed by atoms with Gasteiger partial charge in [-0.1, -0.05) is 12.1 Å². The van der Waals surface area contributed by atoms with E-state index < -0.39 is 0 Å². The highest BCUT2D eigenvalue weighted by Crippen LogP contribution is 2.31. The number of rotatable bonds is 4. The zero-order chi connectivity index (χ0) is 20.7. The van der Waals surface area contributed by atoms with Gasteiger partial charge in [0, 0.05) is 36.9 Å². The Morgan fingerprint density at radius 2 is 1.87 bits per heavy atom. The van der Waals surface area contributed by atoms with Crippen molar-refractivity contribution in [1.29, 1.82) is 0 Å². The number of amides is 1. The molecule has 0 unspecified atom stereocenters. The Labute approximate surface area is 178 Å². The summed E-state index contributed by atoms with van der Waals surface area (Å²) < 4.78 is 17.4. The molecule has 0 aliphatic carbocycles. The maximum absolute atomic E-state index is 13.2. The fraction of sp³-hybridized carbons (Fsp3) is 0.304. The molecule has 1 fully saturated rings. The van der Waals surface area contributed by atoms with Gasteiger partial charge in [-0.3, -0.25) is 9.48 Å². The predicted molar refractivity (Wildman–Crippen MR) is 116 cm³/mol. The van der Waals surface area contributed by atoms with E-state index in [0.29, 0.717) is 12.6 Å². The first-order valence-corrected chi connectivity index (χ1v) is 11.0. The third-order valence-electron chi connectivity index (χ3n) is 5.86. The van der Waals surface area contributed by atoms with Gasteiger partial charge >= 0.3 is 0 Å². The van der Waals surface area contributed by atoms with Gasteiger partial charge in [-0.25, -0.2) is 4.39 Å². The molecule has 0 saturated carbocycles. The Hall–Kier alpha value is -2.93. The molecule has 1 aliphatic rings. The molecule has 1 saturated heterocycles. The second-order valence-electron chi connectivity index (χ2n) is 7.85. The number of benzene rings is 1. The molecule has 4 heterocycles. The van der Waals surface area contributed by atoms with E-state index in [2.05, 4.69) is 22.1 Å². The molecule has 5 nitrogen and oxygen atoms in total. The summed E-state index contributed by atoms with van der Waals surface area (Å²) in [6.07, 6.45) is 6.15. The number of halogens is 1. The normalized spacial score (nSPS) is 15.2. The lowest BCUT2D eigenvalue weighted by molar-refractivity contribution is 0.0699. The first-order chi connectivity index (χ1) is 14.6. The van der Waals surface area contributed by atoms with Crippen LogP contribution in [0.4, 0.5) is 4.39 Å². The van der Waals surface area contributed by atoms with E-state index in [1.165, 1.54) is 23.5 Å². The number of carbonyl (C=O) groups is 1. The van der Waals surface area contributed by atoms with Crippen molar-refractivity contribution in [2.24, 2.45) is 0 Å². The Morgan fingerprint density at radius 3 is 2.57 bits per heavy atom. The van der Waals surface area contributed by atoms with Crippen LogP contribution in [0.2, 0.25) is 0 Å². The van der Waals surface area contributed by atoms with Gasteiger partial charge in [-0.15, -0.1) is 11.3 Å². The van der Waals surface area contributed by atoms with Gasteiger partial charge in [-0.2, -0.15) is 5.10 Å². The maximum Gasteiger partial charge on any atom is 0.264 e. The van der Waals surface area contributed by atoms with Gasteiger partial charge in [0.15, 0.2) is 0 Å². The quantitative estimate of drug-likeness (QED) is 0.471. The van der Waals surface area contributed by atoms with Crippen LogP contribution in [-0.4, -0.2) is 38.2 Å². The summed E-state index contributed by atoms with van der Waals surface area (Å²) in [5, 5.41) is 5.65. The Balaban J connectivity index is 1.33. The summed E-state index contributed by atoms with van der Waals surface area (Å²) in [6.45, 7) is 4.07. The molecule has 5 rings (SSSR count). The fourth-order valence-electron chi connectivity index (χ4n) is 4.20. The summed E-state index contributed by atoms with van der Waals surface area (Å²) in [5.74, 6) is -0.139. The molecule has 4 aromatic rings. The molecule has 0 radical (unpaired) electrons. The standard InChI is InChI=1S/C23H23FN4OS/c1-16-20-14-21(22(29)27-12-8-19(9-13-27)26-10-2-3-11-26)30-23(20)28(25-16)15-17-4-6-18(24)7-5-17/h2-7,10-11,14,19H,8-9,12-13,15H2,1H3. The lowest BCUT2D eigenvalue weighted by atomic mass is 10.0. The highest BCUT2D eigenvalue weighted by Gasteiger charge is 2.26. The monoisotopic (exact) mass is 422 g/mol. The van der Waals surface area contributed by atoms with Gasteiger partial charge in [0.2, 0.25) is 0 Å². The molecule has 0 bridgehead atoms. The molecule has 0 atom stereocenters. The smallest absolute Gasteiger partial charge is 0.264 e. The van der Waals surface area contributed by atoms with Crippen molar-refractivity contribution >= 4 is 27.5 Å². The lowest BCUT2D eigenvalue weighted by Crippen LogP contribution is -2.38. The second-order valence-corrected chi connectivity index (χ2v) is 8.88. The zero-order valence-corrected chi connectivity index (χ0v) is 17.6. The van der Waals surface area contributed by atoms with Crippen molar-refractivity contribution in [2.75, 3.05) is 13.1 Å². The van der Waals surface area contributed by atoms with Gasteiger partial charge in [0.25, 0.3) is 5.91 Å². The van der Waals surface area contributed by atoms with Gasteiger partial charge in [-0.05, 0) is 55.7 Å². The van der Waals surface area contributed by atoms with Crippen molar-refractivity contribution < 1.29 is 9.18 Å². The van der Waals surface area contributed by atoms with E-state index in [9.17, 15) is 9.18 Å².